The minimum absolute atomic E-state index is 0.357. The highest BCUT2D eigenvalue weighted by molar-refractivity contribution is 9.10. The van der Waals surface area contributed by atoms with Crippen molar-refractivity contribution in [3.8, 4) is 5.75 Å². The van der Waals surface area contributed by atoms with Crippen LogP contribution < -0.4 is 10.1 Å². The van der Waals surface area contributed by atoms with E-state index in [1.165, 1.54) is 0 Å². The summed E-state index contributed by atoms with van der Waals surface area (Å²) in [6.07, 6.45) is -5.12. The van der Waals surface area contributed by atoms with Crippen molar-refractivity contribution < 1.29 is 17.9 Å². The Morgan fingerprint density at radius 1 is 1.35 bits per heavy atom. The van der Waals surface area contributed by atoms with Gasteiger partial charge in [0, 0.05) is 11.0 Å². The molecule has 96 valence electrons. The summed E-state index contributed by atoms with van der Waals surface area (Å²) in [6.45, 7) is 0.265. The number of hydrogen-bond acceptors (Lipinski definition) is 2. The van der Waals surface area contributed by atoms with Gasteiger partial charge in [-0.25, -0.2) is 0 Å². The summed E-state index contributed by atoms with van der Waals surface area (Å²) >= 11 is 3.36. The molecule has 1 aromatic carbocycles. The molecule has 0 saturated carbocycles. The van der Waals surface area contributed by atoms with Crippen molar-refractivity contribution in [2.75, 3.05) is 13.7 Å². The maximum atomic E-state index is 11.9. The zero-order valence-corrected chi connectivity index (χ0v) is 10.9. The fourth-order valence-corrected chi connectivity index (χ4v) is 1.64. The third kappa shape index (κ3) is 5.41. The summed E-state index contributed by atoms with van der Waals surface area (Å²) in [5.41, 5.74) is 0.942. The van der Waals surface area contributed by atoms with Gasteiger partial charge in [-0.05, 0) is 30.8 Å². The van der Waals surface area contributed by atoms with Crippen LogP contribution in [0.1, 0.15) is 12.0 Å². The van der Waals surface area contributed by atoms with E-state index in [2.05, 4.69) is 21.2 Å². The van der Waals surface area contributed by atoms with E-state index in [9.17, 15) is 13.2 Å². The molecule has 0 aliphatic rings. The van der Waals surface area contributed by atoms with E-state index < -0.39 is 12.6 Å². The molecule has 0 heterocycles. The fraction of sp³-hybridized carbons (Fsp3) is 0.455. The van der Waals surface area contributed by atoms with Crippen LogP contribution in [0.3, 0.4) is 0 Å². The number of hydrogen-bond donors (Lipinski definition) is 1. The second kappa shape index (κ2) is 6.26. The Morgan fingerprint density at radius 2 is 2.06 bits per heavy atom. The van der Waals surface area contributed by atoms with E-state index in [-0.39, 0.29) is 6.61 Å². The molecule has 0 spiro atoms. The van der Waals surface area contributed by atoms with E-state index in [0.717, 1.165) is 10.0 Å². The number of nitrogens with one attached hydrogen (secondary N) is 1. The van der Waals surface area contributed by atoms with Crippen LogP contribution >= 0.6 is 15.9 Å². The predicted molar refractivity (Wildman–Crippen MR) is 63.1 cm³/mol. The quantitative estimate of drug-likeness (QED) is 0.898. The first-order valence-corrected chi connectivity index (χ1v) is 5.84. The molecule has 1 N–H and O–H groups in total. The topological polar surface area (TPSA) is 21.3 Å². The molecule has 0 aliphatic carbocycles. The molecular weight excluding hydrogens is 299 g/mol. The molecule has 0 atom stereocenters. The Labute approximate surface area is 106 Å². The summed E-state index contributed by atoms with van der Waals surface area (Å²) in [6, 6.07) is 5.12. The number of alkyl halides is 3. The van der Waals surface area contributed by atoms with Gasteiger partial charge in [-0.2, -0.15) is 13.2 Å². The first-order chi connectivity index (χ1) is 7.92. The Hall–Kier alpha value is -0.750. The first kappa shape index (κ1) is 14.3. The summed E-state index contributed by atoms with van der Waals surface area (Å²) in [4.78, 5) is 0. The third-order valence-electron chi connectivity index (χ3n) is 2.04. The van der Waals surface area contributed by atoms with Gasteiger partial charge in [0.2, 0.25) is 0 Å². The normalized spacial score (nSPS) is 11.6. The SMILES string of the molecule is CNCc1cc(OCCC(F)(F)F)ccc1Br. The number of halogens is 4. The maximum absolute atomic E-state index is 11.9. The molecule has 17 heavy (non-hydrogen) atoms. The van der Waals surface area contributed by atoms with Gasteiger partial charge in [0.1, 0.15) is 5.75 Å². The monoisotopic (exact) mass is 311 g/mol. The van der Waals surface area contributed by atoms with Crippen LogP contribution in [0.2, 0.25) is 0 Å². The second-order valence-corrected chi connectivity index (χ2v) is 4.35. The zero-order chi connectivity index (χ0) is 12.9. The number of benzene rings is 1. The predicted octanol–water partition coefficient (Wildman–Crippen LogP) is 3.50. The summed E-state index contributed by atoms with van der Waals surface area (Å²) in [7, 11) is 1.80. The summed E-state index contributed by atoms with van der Waals surface area (Å²) in [5, 5.41) is 2.97. The van der Waals surface area contributed by atoms with Gasteiger partial charge < -0.3 is 10.1 Å². The smallest absolute Gasteiger partial charge is 0.392 e. The molecule has 0 saturated heterocycles. The van der Waals surface area contributed by atoms with Crippen LogP contribution in [0.15, 0.2) is 22.7 Å². The highest BCUT2D eigenvalue weighted by atomic mass is 79.9. The second-order valence-electron chi connectivity index (χ2n) is 3.50. The average Bonchev–Trinajstić information content (AvgIpc) is 2.21. The van der Waals surface area contributed by atoms with E-state index in [1.807, 2.05) is 0 Å². The van der Waals surface area contributed by atoms with Gasteiger partial charge in [0.05, 0.1) is 13.0 Å². The standard InChI is InChI=1S/C11H13BrF3NO/c1-16-7-8-6-9(2-3-10(8)12)17-5-4-11(13,14)15/h2-3,6,16H,4-5,7H2,1H3. The Kier molecular flexibility index (Phi) is 5.27. The molecule has 1 rings (SSSR count). The van der Waals surface area contributed by atoms with Crippen molar-refractivity contribution in [1.82, 2.24) is 5.32 Å². The fourth-order valence-electron chi connectivity index (χ4n) is 1.25. The first-order valence-electron chi connectivity index (χ1n) is 5.05. The van der Waals surface area contributed by atoms with Crippen molar-refractivity contribution in [2.45, 2.75) is 19.1 Å². The highest BCUT2D eigenvalue weighted by Crippen LogP contribution is 2.24. The Morgan fingerprint density at radius 3 is 2.65 bits per heavy atom. The lowest BCUT2D eigenvalue weighted by molar-refractivity contribution is -0.139. The summed E-state index contributed by atoms with van der Waals surface area (Å²) < 4.78 is 41.7. The van der Waals surface area contributed by atoms with Crippen LogP contribution in [0.25, 0.3) is 0 Å². The van der Waals surface area contributed by atoms with Crippen LogP contribution in [-0.2, 0) is 6.54 Å². The minimum atomic E-state index is -4.18. The highest BCUT2D eigenvalue weighted by Gasteiger charge is 2.26. The molecule has 0 fully saturated rings. The third-order valence-corrected chi connectivity index (χ3v) is 2.81. The Balaban J connectivity index is 2.57. The Bertz CT molecular complexity index is 368. The van der Waals surface area contributed by atoms with E-state index in [4.69, 9.17) is 4.74 Å². The van der Waals surface area contributed by atoms with Crippen LogP contribution in [0, 0.1) is 0 Å². The van der Waals surface area contributed by atoms with Crippen LogP contribution in [0.4, 0.5) is 13.2 Å². The molecule has 2 nitrogen and oxygen atoms in total. The average molecular weight is 312 g/mol. The van der Waals surface area contributed by atoms with Gasteiger partial charge in [-0.15, -0.1) is 0 Å². The zero-order valence-electron chi connectivity index (χ0n) is 9.27. The largest absolute Gasteiger partial charge is 0.493 e. The van der Waals surface area contributed by atoms with E-state index >= 15 is 0 Å². The van der Waals surface area contributed by atoms with Crippen molar-refractivity contribution >= 4 is 15.9 Å². The maximum Gasteiger partial charge on any atom is 0.392 e. The number of ether oxygens (including phenoxy) is 1. The molecule has 0 aliphatic heterocycles. The van der Waals surface area contributed by atoms with Crippen LogP contribution in [0.5, 0.6) is 5.75 Å². The van der Waals surface area contributed by atoms with Gasteiger partial charge in [0.15, 0.2) is 0 Å². The lowest BCUT2D eigenvalue weighted by Gasteiger charge is -2.10. The van der Waals surface area contributed by atoms with Crippen molar-refractivity contribution in [3.63, 3.8) is 0 Å². The van der Waals surface area contributed by atoms with Crippen molar-refractivity contribution in [2.24, 2.45) is 0 Å². The molecule has 1 aromatic rings. The molecule has 0 aromatic heterocycles. The lowest BCUT2D eigenvalue weighted by atomic mass is 10.2. The van der Waals surface area contributed by atoms with Crippen LogP contribution in [-0.4, -0.2) is 19.8 Å². The lowest BCUT2D eigenvalue weighted by Crippen LogP contribution is -2.13. The van der Waals surface area contributed by atoms with Crippen molar-refractivity contribution in [1.29, 1.82) is 0 Å². The molecular formula is C11H13BrF3NO. The molecule has 0 amide bonds. The minimum Gasteiger partial charge on any atom is -0.493 e. The van der Waals surface area contributed by atoms with Crippen molar-refractivity contribution in [3.05, 3.63) is 28.2 Å². The van der Waals surface area contributed by atoms with Gasteiger partial charge in [-0.1, -0.05) is 15.9 Å². The number of rotatable bonds is 5. The van der Waals surface area contributed by atoms with Gasteiger partial charge in [-0.3, -0.25) is 0 Å². The van der Waals surface area contributed by atoms with Gasteiger partial charge >= 0.3 is 6.18 Å². The summed E-state index contributed by atoms with van der Waals surface area (Å²) in [5.74, 6) is 0.447. The van der Waals surface area contributed by atoms with E-state index in [0.29, 0.717) is 12.3 Å². The van der Waals surface area contributed by atoms with E-state index in [1.54, 1.807) is 25.2 Å². The van der Waals surface area contributed by atoms with Gasteiger partial charge in [0.25, 0.3) is 0 Å². The molecule has 0 radical (unpaired) electrons. The molecule has 0 bridgehead atoms. The molecule has 6 heteroatoms. The molecule has 0 unspecified atom stereocenters.